The third-order valence-corrected chi connectivity index (χ3v) is 6.26. The molecule has 1 N–H and O–H groups in total. The van der Waals surface area contributed by atoms with Gasteiger partial charge in [-0.05, 0) is 43.1 Å². The molecule has 0 aromatic rings. The van der Waals surface area contributed by atoms with Crippen LogP contribution < -0.4 is 0 Å². The number of ether oxygens (including phenoxy) is 2. The normalized spacial score (nSPS) is 36.6. The highest BCUT2D eigenvalue weighted by Gasteiger charge is 2.56. The first-order chi connectivity index (χ1) is 10.1. The van der Waals surface area contributed by atoms with Crippen LogP contribution in [-0.4, -0.2) is 53.8 Å². The summed E-state index contributed by atoms with van der Waals surface area (Å²) in [4.78, 5) is 24.3. The van der Waals surface area contributed by atoms with Crippen molar-refractivity contribution in [2.75, 3.05) is 31.3 Å². The van der Waals surface area contributed by atoms with Gasteiger partial charge in [-0.25, -0.2) is 0 Å². The van der Waals surface area contributed by atoms with Crippen LogP contribution in [0.5, 0.6) is 0 Å². The minimum absolute atomic E-state index is 0.0245. The van der Waals surface area contributed by atoms with Crippen LogP contribution in [0.4, 0.5) is 0 Å². The predicted octanol–water partition coefficient (Wildman–Crippen LogP) is 1.74. The second kappa shape index (κ2) is 5.89. The summed E-state index contributed by atoms with van der Waals surface area (Å²) in [5, 5.41) is 9.75. The lowest BCUT2D eigenvalue weighted by Crippen LogP contribution is -2.56. The number of aliphatic carboxylic acids is 1. The van der Waals surface area contributed by atoms with Gasteiger partial charge in [-0.1, -0.05) is 0 Å². The van der Waals surface area contributed by atoms with E-state index in [1.165, 1.54) is 0 Å². The van der Waals surface area contributed by atoms with E-state index in [1.807, 2.05) is 11.8 Å². The van der Waals surface area contributed by atoms with Gasteiger partial charge in [0.1, 0.15) is 0 Å². The highest BCUT2D eigenvalue weighted by molar-refractivity contribution is 7.99. The second-order valence-corrected chi connectivity index (χ2v) is 7.56. The van der Waals surface area contributed by atoms with E-state index >= 15 is 0 Å². The van der Waals surface area contributed by atoms with Crippen LogP contribution in [0.3, 0.4) is 0 Å². The van der Waals surface area contributed by atoms with E-state index in [9.17, 15) is 14.7 Å². The quantitative estimate of drug-likeness (QED) is 0.783. The zero-order valence-corrected chi connectivity index (χ0v) is 13.0. The van der Waals surface area contributed by atoms with Crippen molar-refractivity contribution in [3.05, 3.63) is 0 Å². The Morgan fingerprint density at radius 3 is 2.71 bits per heavy atom. The zero-order valence-electron chi connectivity index (χ0n) is 12.1. The lowest BCUT2D eigenvalue weighted by molar-refractivity contribution is -0.182. The molecule has 2 atom stereocenters. The summed E-state index contributed by atoms with van der Waals surface area (Å²) < 4.78 is 11.4. The van der Waals surface area contributed by atoms with Gasteiger partial charge in [0, 0.05) is 13.0 Å². The SMILES string of the molecule is O=C(O)C1(C2CCOC3(CCSCC3)C2)COCCC1=O. The fraction of sp³-hybridized carbons (Fsp3) is 0.867. The van der Waals surface area contributed by atoms with Gasteiger partial charge in [0.05, 0.1) is 18.8 Å². The molecular weight excluding hydrogens is 292 g/mol. The van der Waals surface area contributed by atoms with Crippen molar-refractivity contribution < 1.29 is 24.2 Å². The van der Waals surface area contributed by atoms with Crippen molar-refractivity contribution in [3.8, 4) is 0 Å². The van der Waals surface area contributed by atoms with Gasteiger partial charge < -0.3 is 14.6 Å². The van der Waals surface area contributed by atoms with Crippen LogP contribution in [0.2, 0.25) is 0 Å². The molecule has 118 valence electrons. The number of ketones is 1. The number of thioether (sulfide) groups is 1. The Morgan fingerprint density at radius 2 is 2.05 bits per heavy atom. The number of carboxylic acid groups (broad SMARTS) is 1. The molecule has 3 rings (SSSR count). The smallest absolute Gasteiger partial charge is 0.319 e. The molecule has 1 spiro atoms. The van der Waals surface area contributed by atoms with E-state index in [0.29, 0.717) is 26.1 Å². The minimum Gasteiger partial charge on any atom is -0.480 e. The summed E-state index contributed by atoms with van der Waals surface area (Å²) in [5.41, 5.74) is -1.56. The average molecular weight is 314 g/mol. The number of hydrogen-bond donors (Lipinski definition) is 1. The van der Waals surface area contributed by atoms with Gasteiger partial charge in [0.2, 0.25) is 0 Å². The van der Waals surface area contributed by atoms with E-state index in [4.69, 9.17) is 9.47 Å². The fourth-order valence-electron chi connectivity index (χ4n) is 3.94. The van der Waals surface area contributed by atoms with Crippen molar-refractivity contribution in [2.24, 2.45) is 11.3 Å². The van der Waals surface area contributed by atoms with Crippen LogP contribution in [0.1, 0.15) is 32.1 Å². The van der Waals surface area contributed by atoms with Crippen molar-refractivity contribution in [2.45, 2.75) is 37.7 Å². The van der Waals surface area contributed by atoms with Crippen molar-refractivity contribution >= 4 is 23.5 Å². The Morgan fingerprint density at radius 1 is 1.29 bits per heavy atom. The summed E-state index contributed by atoms with van der Waals surface area (Å²) in [6, 6.07) is 0. The summed E-state index contributed by atoms with van der Waals surface area (Å²) in [6.07, 6.45) is 3.44. The molecule has 0 aliphatic carbocycles. The highest BCUT2D eigenvalue weighted by Crippen LogP contribution is 2.47. The molecule has 0 saturated carbocycles. The summed E-state index contributed by atoms with van der Waals surface area (Å²) in [5.74, 6) is 0.765. The van der Waals surface area contributed by atoms with Gasteiger partial charge in [-0.2, -0.15) is 11.8 Å². The second-order valence-electron chi connectivity index (χ2n) is 6.34. The number of carboxylic acids is 1. The standard InChI is InChI=1S/C15H22O5S/c16-12-2-5-19-10-15(12,13(17)18)11-1-6-20-14(9-11)3-7-21-8-4-14/h11H,1-10H2,(H,17,18). The molecule has 0 radical (unpaired) electrons. The Labute approximate surface area is 128 Å². The van der Waals surface area contributed by atoms with Gasteiger partial charge in [0.15, 0.2) is 11.2 Å². The molecule has 5 nitrogen and oxygen atoms in total. The molecule has 0 aromatic carbocycles. The van der Waals surface area contributed by atoms with Gasteiger partial charge >= 0.3 is 5.97 Å². The van der Waals surface area contributed by atoms with Crippen LogP contribution in [0.25, 0.3) is 0 Å². The van der Waals surface area contributed by atoms with E-state index < -0.39 is 11.4 Å². The molecule has 3 fully saturated rings. The molecule has 0 aromatic heterocycles. The number of rotatable bonds is 2. The average Bonchev–Trinajstić information content (AvgIpc) is 2.48. The van der Waals surface area contributed by atoms with E-state index in [1.54, 1.807) is 0 Å². The molecule has 2 unspecified atom stereocenters. The summed E-state index contributed by atoms with van der Waals surface area (Å²) >= 11 is 1.92. The van der Waals surface area contributed by atoms with Crippen molar-refractivity contribution in [1.82, 2.24) is 0 Å². The van der Waals surface area contributed by atoms with Crippen LogP contribution in [0.15, 0.2) is 0 Å². The van der Waals surface area contributed by atoms with Gasteiger partial charge in [-0.15, -0.1) is 0 Å². The predicted molar refractivity (Wildman–Crippen MR) is 78.5 cm³/mol. The summed E-state index contributed by atoms with van der Waals surface area (Å²) in [6.45, 7) is 0.924. The maximum atomic E-state index is 12.4. The maximum Gasteiger partial charge on any atom is 0.319 e. The fourth-order valence-corrected chi connectivity index (χ4v) is 5.18. The van der Waals surface area contributed by atoms with Crippen LogP contribution in [0, 0.1) is 11.3 Å². The molecule has 21 heavy (non-hydrogen) atoms. The Hall–Kier alpha value is -0.590. The first kappa shape index (κ1) is 15.3. The van der Waals surface area contributed by atoms with Crippen molar-refractivity contribution in [3.63, 3.8) is 0 Å². The molecule has 3 saturated heterocycles. The maximum absolute atomic E-state index is 12.4. The molecule has 0 bridgehead atoms. The largest absolute Gasteiger partial charge is 0.480 e. The number of Topliss-reactive ketones (excluding diaryl/α,β-unsaturated/α-hetero) is 1. The number of carbonyl (C=O) groups excluding carboxylic acids is 1. The topological polar surface area (TPSA) is 72.8 Å². The lowest BCUT2D eigenvalue weighted by atomic mass is 9.64. The molecular formula is C15H22O5S. The van der Waals surface area contributed by atoms with E-state index in [0.717, 1.165) is 24.3 Å². The Bertz CT molecular complexity index is 426. The zero-order chi connectivity index (χ0) is 14.9. The lowest BCUT2D eigenvalue weighted by Gasteiger charge is -2.48. The van der Waals surface area contributed by atoms with Crippen LogP contribution in [-0.2, 0) is 19.1 Å². The third kappa shape index (κ3) is 2.62. The Kier molecular flexibility index (Phi) is 4.30. The third-order valence-electron chi connectivity index (χ3n) is 5.28. The highest BCUT2D eigenvalue weighted by atomic mass is 32.2. The summed E-state index contributed by atoms with van der Waals surface area (Å²) in [7, 11) is 0. The van der Waals surface area contributed by atoms with Gasteiger partial charge in [0.25, 0.3) is 0 Å². The molecule has 6 heteroatoms. The Balaban J connectivity index is 1.85. The van der Waals surface area contributed by atoms with E-state index in [-0.39, 0.29) is 30.3 Å². The number of hydrogen-bond acceptors (Lipinski definition) is 5. The first-order valence-electron chi connectivity index (χ1n) is 7.65. The first-order valence-corrected chi connectivity index (χ1v) is 8.81. The molecule has 3 aliphatic heterocycles. The van der Waals surface area contributed by atoms with Gasteiger partial charge in [-0.3, -0.25) is 9.59 Å². The number of carbonyl (C=O) groups is 2. The monoisotopic (exact) mass is 314 g/mol. The molecule has 3 heterocycles. The minimum atomic E-state index is -1.35. The van der Waals surface area contributed by atoms with Crippen LogP contribution >= 0.6 is 11.8 Å². The van der Waals surface area contributed by atoms with Crippen molar-refractivity contribution in [1.29, 1.82) is 0 Å². The van der Waals surface area contributed by atoms with E-state index in [2.05, 4.69) is 0 Å². The molecule has 3 aliphatic rings. The molecule has 0 amide bonds.